The maximum Gasteiger partial charge on any atom is 0.296 e. The number of Topliss-reactive ketones (excluding diaryl/α,β-unsaturated/α-hetero) is 1. The zero-order chi connectivity index (χ0) is 12.3. The van der Waals surface area contributed by atoms with E-state index in [1.54, 1.807) is 0 Å². The van der Waals surface area contributed by atoms with Crippen molar-refractivity contribution in [1.29, 1.82) is 0 Å². The summed E-state index contributed by atoms with van der Waals surface area (Å²) in [5, 5.41) is 3.53. The molecular weight excluding hydrogens is 234 g/mol. The highest BCUT2D eigenvalue weighted by Gasteiger charge is 2.20. The van der Waals surface area contributed by atoms with Gasteiger partial charge >= 0.3 is 0 Å². The van der Waals surface area contributed by atoms with Gasteiger partial charge in [-0.05, 0) is 6.07 Å². The summed E-state index contributed by atoms with van der Waals surface area (Å²) in [6, 6.07) is 1.53. The molecular formula is C9H6F2N4O2. The second-order valence-corrected chi connectivity index (χ2v) is 3.05. The number of hydrogen-bond acceptors (Lipinski definition) is 6. The van der Waals surface area contributed by atoms with Crippen LogP contribution in [0.15, 0.2) is 23.1 Å². The van der Waals surface area contributed by atoms with Crippen LogP contribution in [-0.4, -0.2) is 32.3 Å². The van der Waals surface area contributed by atoms with Gasteiger partial charge in [0.05, 0.1) is 6.42 Å². The molecule has 0 spiro atoms. The zero-order valence-corrected chi connectivity index (χ0v) is 8.38. The molecule has 2 aromatic rings. The number of aromatic nitrogens is 4. The number of carbonyl (C=O) groups is 1. The molecule has 0 amide bonds. The van der Waals surface area contributed by atoms with Crippen LogP contribution in [-0.2, 0) is 11.2 Å². The second-order valence-electron chi connectivity index (χ2n) is 3.05. The van der Waals surface area contributed by atoms with E-state index in [2.05, 4.69) is 24.6 Å². The molecule has 0 aliphatic rings. The van der Waals surface area contributed by atoms with Gasteiger partial charge in [0.2, 0.25) is 17.5 Å². The third kappa shape index (κ3) is 2.65. The fourth-order valence-electron chi connectivity index (χ4n) is 1.08. The molecule has 0 atom stereocenters. The predicted octanol–water partition coefficient (Wildman–Crippen LogP) is 0.903. The number of hydrogen-bond donors (Lipinski definition) is 0. The third-order valence-electron chi connectivity index (χ3n) is 1.85. The topological polar surface area (TPSA) is 81.8 Å². The molecule has 6 nitrogen and oxygen atoms in total. The Hall–Kier alpha value is -2.25. The van der Waals surface area contributed by atoms with Crippen LogP contribution in [0.25, 0.3) is 11.5 Å². The van der Waals surface area contributed by atoms with E-state index >= 15 is 0 Å². The lowest BCUT2D eigenvalue weighted by molar-refractivity contribution is -0.129. The largest absolute Gasteiger partial charge is 0.338 e. The number of carbonyl (C=O) groups excluding carboxylic acids is 1. The Bertz CT molecular complexity index is 515. The Balaban J connectivity index is 2.14. The van der Waals surface area contributed by atoms with Crippen molar-refractivity contribution in [2.24, 2.45) is 0 Å². The van der Waals surface area contributed by atoms with Crippen molar-refractivity contribution < 1.29 is 18.1 Å². The SMILES string of the molecule is O=C(Cc1nc(-c2ccncn2)no1)C(F)F. The molecule has 8 heteroatoms. The van der Waals surface area contributed by atoms with E-state index in [0.29, 0.717) is 5.69 Å². The van der Waals surface area contributed by atoms with E-state index in [-0.39, 0.29) is 11.7 Å². The lowest BCUT2D eigenvalue weighted by Crippen LogP contribution is -2.12. The van der Waals surface area contributed by atoms with Crippen molar-refractivity contribution >= 4 is 5.78 Å². The van der Waals surface area contributed by atoms with E-state index < -0.39 is 18.6 Å². The van der Waals surface area contributed by atoms with Crippen LogP contribution >= 0.6 is 0 Å². The molecule has 2 heterocycles. The normalized spacial score (nSPS) is 10.8. The summed E-state index contributed by atoms with van der Waals surface area (Å²) >= 11 is 0. The van der Waals surface area contributed by atoms with E-state index in [1.165, 1.54) is 18.6 Å². The molecule has 0 N–H and O–H groups in total. The van der Waals surface area contributed by atoms with E-state index in [9.17, 15) is 13.6 Å². The lowest BCUT2D eigenvalue weighted by Gasteiger charge is -1.92. The van der Waals surface area contributed by atoms with Crippen LogP contribution in [0.1, 0.15) is 5.89 Å². The number of ketones is 1. The van der Waals surface area contributed by atoms with Crippen molar-refractivity contribution in [3.05, 3.63) is 24.5 Å². The maximum atomic E-state index is 12.0. The molecule has 2 rings (SSSR count). The summed E-state index contributed by atoms with van der Waals surface area (Å²) in [4.78, 5) is 22.1. The molecule has 0 aliphatic carbocycles. The predicted molar refractivity (Wildman–Crippen MR) is 50.0 cm³/mol. The van der Waals surface area contributed by atoms with E-state index in [1.807, 2.05) is 0 Å². The summed E-state index contributed by atoms with van der Waals surface area (Å²) in [6.45, 7) is 0. The molecule has 0 fully saturated rings. The third-order valence-corrected chi connectivity index (χ3v) is 1.85. The van der Waals surface area contributed by atoms with E-state index in [4.69, 9.17) is 0 Å². The molecule has 0 aliphatic heterocycles. The first-order valence-electron chi connectivity index (χ1n) is 4.56. The van der Waals surface area contributed by atoms with Gasteiger partial charge in [0.25, 0.3) is 6.43 Å². The van der Waals surface area contributed by atoms with Gasteiger partial charge in [-0.15, -0.1) is 0 Å². The van der Waals surface area contributed by atoms with Gasteiger partial charge in [-0.3, -0.25) is 4.79 Å². The molecule has 88 valence electrons. The molecule has 0 radical (unpaired) electrons. The maximum absolute atomic E-state index is 12.0. The number of halogens is 2. The Kier molecular flexibility index (Phi) is 3.12. The average Bonchev–Trinajstić information content (AvgIpc) is 2.78. The minimum Gasteiger partial charge on any atom is -0.338 e. The fraction of sp³-hybridized carbons (Fsp3) is 0.222. The number of nitrogens with zero attached hydrogens (tertiary/aromatic N) is 4. The van der Waals surface area contributed by atoms with Crippen LogP contribution in [0.2, 0.25) is 0 Å². The minimum atomic E-state index is -3.04. The fourth-order valence-corrected chi connectivity index (χ4v) is 1.08. The first-order valence-corrected chi connectivity index (χ1v) is 4.56. The minimum absolute atomic E-state index is 0.129. The summed E-state index contributed by atoms with van der Waals surface area (Å²) in [5.41, 5.74) is 0.388. The Labute approximate surface area is 93.7 Å². The quantitative estimate of drug-likeness (QED) is 0.789. The highest BCUT2D eigenvalue weighted by molar-refractivity contribution is 5.82. The standard InChI is InChI=1S/C9H6F2N4O2/c10-8(11)6(16)3-7-14-9(15-17-7)5-1-2-12-4-13-5/h1-2,4,8H,3H2. The van der Waals surface area contributed by atoms with Gasteiger partial charge in [-0.2, -0.15) is 4.98 Å². The molecule has 0 unspecified atom stereocenters. The van der Waals surface area contributed by atoms with Gasteiger partial charge < -0.3 is 4.52 Å². The molecule has 0 bridgehead atoms. The van der Waals surface area contributed by atoms with E-state index in [0.717, 1.165) is 0 Å². The summed E-state index contributed by atoms with van der Waals surface area (Å²) in [5.74, 6) is -1.30. The van der Waals surface area contributed by atoms with Crippen LogP contribution < -0.4 is 0 Å². The van der Waals surface area contributed by atoms with Crippen molar-refractivity contribution in [2.45, 2.75) is 12.8 Å². The van der Waals surface area contributed by atoms with Crippen LogP contribution in [0.3, 0.4) is 0 Å². The molecule has 0 saturated heterocycles. The highest BCUT2D eigenvalue weighted by Crippen LogP contribution is 2.12. The summed E-state index contributed by atoms with van der Waals surface area (Å²) in [6.07, 6.45) is -0.863. The number of rotatable bonds is 4. The average molecular weight is 240 g/mol. The Morgan fingerprint density at radius 2 is 2.29 bits per heavy atom. The van der Waals surface area contributed by atoms with Crippen molar-refractivity contribution in [3.8, 4) is 11.5 Å². The molecule has 0 aromatic carbocycles. The van der Waals surface area contributed by atoms with Crippen LogP contribution in [0.5, 0.6) is 0 Å². The summed E-state index contributed by atoms with van der Waals surface area (Å²) in [7, 11) is 0. The first-order chi connectivity index (χ1) is 8.16. The van der Waals surface area contributed by atoms with Gasteiger partial charge in [0.1, 0.15) is 12.0 Å². The molecule has 2 aromatic heterocycles. The zero-order valence-electron chi connectivity index (χ0n) is 8.38. The van der Waals surface area contributed by atoms with Crippen molar-refractivity contribution in [1.82, 2.24) is 20.1 Å². The monoisotopic (exact) mass is 240 g/mol. The van der Waals surface area contributed by atoms with Crippen LogP contribution in [0.4, 0.5) is 8.78 Å². The van der Waals surface area contributed by atoms with Crippen LogP contribution in [0, 0.1) is 0 Å². The van der Waals surface area contributed by atoms with Crippen molar-refractivity contribution in [3.63, 3.8) is 0 Å². The van der Waals surface area contributed by atoms with Gasteiger partial charge in [-0.1, -0.05) is 5.16 Å². The Morgan fingerprint density at radius 1 is 1.47 bits per heavy atom. The lowest BCUT2D eigenvalue weighted by atomic mass is 10.3. The number of alkyl halides is 2. The smallest absolute Gasteiger partial charge is 0.296 e. The Morgan fingerprint density at radius 3 is 2.94 bits per heavy atom. The van der Waals surface area contributed by atoms with Gasteiger partial charge in [-0.25, -0.2) is 18.7 Å². The highest BCUT2D eigenvalue weighted by atomic mass is 19.3. The molecule has 0 saturated carbocycles. The van der Waals surface area contributed by atoms with Gasteiger partial charge in [0, 0.05) is 6.20 Å². The first kappa shape index (κ1) is 11.2. The molecule has 17 heavy (non-hydrogen) atoms. The van der Waals surface area contributed by atoms with Gasteiger partial charge in [0.15, 0.2) is 0 Å². The van der Waals surface area contributed by atoms with Crippen molar-refractivity contribution in [2.75, 3.05) is 0 Å². The second kappa shape index (κ2) is 4.73. The summed E-state index contributed by atoms with van der Waals surface area (Å²) < 4.78 is 28.6.